The van der Waals surface area contributed by atoms with Gasteiger partial charge in [0.05, 0.1) is 0 Å². The molecule has 1 N–H and O–H groups in total. The van der Waals surface area contributed by atoms with Crippen molar-refractivity contribution in [2.75, 3.05) is 19.0 Å². The van der Waals surface area contributed by atoms with Gasteiger partial charge in [-0.1, -0.05) is 13.3 Å². The van der Waals surface area contributed by atoms with Crippen LogP contribution in [0.25, 0.3) is 0 Å². The van der Waals surface area contributed by atoms with E-state index in [0.29, 0.717) is 5.88 Å². The first-order valence-electron chi connectivity index (χ1n) is 4.52. The molecular formula is C8H17NO2S. The zero-order valence-electron chi connectivity index (χ0n) is 7.53. The first kappa shape index (κ1) is 10.2. The molecule has 1 rings (SSSR count). The van der Waals surface area contributed by atoms with Crippen molar-refractivity contribution in [3.8, 4) is 0 Å². The summed E-state index contributed by atoms with van der Waals surface area (Å²) in [7, 11) is 0. The molecule has 0 bridgehead atoms. The number of likely N-dealkylation sites (tertiary alicyclic amines) is 1. The summed E-state index contributed by atoms with van der Waals surface area (Å²) in [5.41, 5.74) is 0. The molecule has 4 heteroatoms. The predicted molar refractivity (Wildman–Crippen MR) is 50.2 cm³/mol. The molecule has 12 heavy (non-hydrogen) atoms. The van der Waals surface area contributed by atoms with Crippen molar-refractivity contribution in [3.63, 3.8) is 0 Å². The van der Waals surface area contributed by atoms with Crippen molar-refractivity contribution in [2.24, 2.45) is 5.92 Å². The molecule has 72 valence electrons. The molecule has 0 spiro atoms. The summed E-state index contributed by atoms with van der Waals surface area (Å²) in [5.74, 6) is 1.17. The lowest BCUT2D eigenvalue weighted by Gasteiger charge is -2.30. The second-order valence-corrected chi connectivity index (χ2v) is 4.32. The standard InChI is InChI=1S/C8H17NO2S/c1-2-8-3-5-9(6-4-8)7-12(10)11/h8H,2-7H2,1H3,(H,10,11). The monoisotopic (exact) mass is 191 g/mol. The Bertz CT molecular complexity index is 155. The van der Waals surface area contributed by atoms with Crippen LogP contribution in [0.5, 0.6) is 0 Å². The summed E-state index contributed by atoms with van der Waals surface area (Å²) < 4.78 is 19.1. The van der Waals surface area contributed by atoms with Crippen molar-refractivity contribution in [2.45, 2.75) is 26.2 Å². The van der Waals surface area contributed by atoms with E-state index < -0.39 is 11.1 Å². The fourth-order valence-electron chi connectivity index (χ4n) is 1.68. The van der Waals surface area contributed by atoms with E-state index in [2.05, 4.69) is 11.8 Å². The second-order valence-electron chi connectivity index (χ2n) is 3.42. The molecule has 1 saturated heterocycles. The average molecular weight is 191 g/mol. The van der Waals surface area contributed by atoms with Gasteiger partial charge in [0.1, 0.15) is 5.88 Å². The van der Waals surface area contributed by atoms with E-state index in [0.717, 1.165) is 19.0 Å². The molecule has 0 aromatic carbocycles. The van der Waals surface area contributed by atoms with Gasteiger partial charge in [-0.15, -0.1) is 0 Å². The fraction of sp³-hybridized carbons (Fsp3) is 1.00. The van der Waals surface area contributed by atoms with E-state index in [1.807, 2.05) is 0 Å². The van der Waals surface area contributed by atoms with Crippen molar-refractivity contribution >= 4 is 11.1 Å². The molecule has 0 amide bonds. The van der Waals surface area contributed by atoms with Gasteiger partial charge in [-0.2, -0.15) is 0 Å². The third kappa shape index (κ3) is 3.21. The third-order valence-electron chi connectivity index (χ3n) is 2.58. The zero-order chi connectivity index (χ0) is 8.97. The molecule has 1 fully saturated rings. The highest BCUT2D eigenvalue weighted by molar-refractivity contribution is 7.79. The lowest BCUT2D eigenvalue weighted by atomic mass is 9.95. The molecule has 3 nitrogen and oxygen atoms in total. The van der Waals surface area contributed by atoms with Crippen LogP contribution in [0.2, 0.25) is 0 Å². The lowest BCUT2D eigenvalue weighted by molar-refractivity contribution is 0.204. The molecular weight excluding hydrogens is 174 g/mol. The molecule has 0 radical (unpaired) electrons. The van der Waals surface area contributed by atoms with Gasteiger partial charge in [0.25, 0.3) is 0 Å². The normalized spacial score (nSPS) is 24.2. The van der Waals surface area contributed by atoms with Gasteiger partial charge in [0, 0.05) is 0 Å². The summed E-state index contributed by atoms with van der Waals surface area (Å²) in [6.07, 6.45) is 3.62. The van der Waals surface area contributed by atoms with Crippen LogP contribution >= 0.6 is 0 Å². The van der Waals surface area contributed by atoms with Gasteiger partial charge in [-0.3, -0.25) is 4.90 Å². The predicted octanol–water partition coefficient (Wildman–Crippen LogP) is 1.29. The highest BCUT2D eigenvalue weighted by Crippen LogP contribution is 2.19. The Morgan fingerprint density at radius 1 is 1.50 bits per heavy atom. The highest BCUT2D eigenvalue weighted by atomic mass is 32.2. The summed E-state index contributed by atoms with van der Waals surface area (Å²) in [4.78, 5) is 2.07. The van der Waals surface area contributed by atoms with Gasteiger partial charge < -0.3 is 4.55 Å². The van der Waals surface area contributed by atoms with E-state index in [9.17, 15) is 4.21 Å². The maximum absolute atomic E-state index is 10.5. The van der Waals surface area contributed by atoms with Crippen molar-refractivity contribution in [3.05, 3.63) is 0 Å². The van der Waals surface area contributed by atoms with Crippen LogP contribution in [0.15, 0.2) is 0 Å². The third-order valence-corrected chi connectivity index (χ3v) is 3.16. The Balaban J connectivity index is 2.21. The molecule has 1 heterocycles. The largest absolute Gasteiger partial charge is 0.305 e. The second kappa shape index (κ2) is 4.94. The first-order valence-corrected chi connectivity index (χ1v) is 5.79. The zero-order valence-corrected chi connectivity index (χ0v) is 8.35. The first-order chi connectivity index (χ1) is 5.72. The van der Waals surface area contributed by atoms with Gasteiger partial charge in [0.2, 0.25) is 0 Å². The van der Waals surface area contributed by atoms with Crippen LogP contribution in [0.1, 0.15) is 26.2 Å². The minimum absolute atomic E-state index is 0.330. The maximum atomic E-state index is 10.5. The summed E-state index contributed by atoms with van der Waals surface area (Å²) in [6.45, 7) is 4.19. The van der Waals surface area contributed by atoms with Gasteiger partial charge >= 0.3 is 0 Å². The molecule has 1 atom stereocenters. The topological polar surface area (TPSA) is 40.5 Å². The van der Waals surface area contributed by atoms with Crippen LogP contribution in [0.4, 0.5) is 0 Å². The SMILES string of the molecule is CCC1CCN(CS(=O)O)CC1. The molecule has 1 unspecified atom stereocenters. The van der Waals surface area contributed by atoms with Crippen molar-refractivity contribution in [1.29, 1.82) is 0 Å². The quantitative estimate of drug-likeness (QED) is 0.683. The Labute approximate surface area is 76.4 Å². The maximum Gasteiger partial charge on any atom is 0.167 e. The molecule has 1 aliphatic heterocycles. The highest BCUT2D eigenvalue weighted by Gasteiger charge is 2.18. The molecule has 0 aromatic heterocycles. The van der Waals surface area contributed by atoms with Crippen molar-refractivity contribution in [1.82, 2.24) is 4.90 Å². The van der Waals surface area contributed by atoms with E-state index in [-0.39, 0.29) is 0 Å². The van der Waals surface area contributed by atoms with Gasteiger partial charge in [0.15, 0.2) is 11.1 Å². The van der Waals surface area contributed by atoms with E-state index in [1.165, 1.54) is 19.3 Å². The average Bonchev–Trinajstić information content (AvgIpc) is 2.05. The minimum atomic E-state index is -1.65. The number of hydrogen-bond acceptors (Lipinski definition) is 2. The van der Waals surface area contributed by atoms with Gasteiger partial charge in [-0.05, 0) is 31.8 Å². The number of rotatable bonds is 3. The Morgan fingerprint density at radius 2 is 2.08 bits per heavy atom. The van der Waals surface area contributed by atoms with Crippen LogP contribution in [0, 0.1) is 5.92 Å². The molecule has 0 saturated carbocycles. The van der Waals surface area contributed by atoms with Crippen LogP contribution in [0.3, 0.4) is 0 Å². The Hall–Kier alpha value is 0.0700. The Morgan fingerprint density at radius 3 is 2.50 bits per heavy atom. The van der Waals surface area contributed by atoms with Crippen LogP contribution in [-0.2, 0) is 11.1 Å². The lowest BCUT2D eigenvalue weighted by Crippen LogP contribution is -2.35. The van der Waals surface area contributed by atoms with Crippen LogP contribution in [-0.4, -0.2) is 32.6 Å². The Kier molecular flexibility index (Phi) is 4.18. The number of hydrogen-bond donors (Lipinski definition) is 1. The summed E-state index contributed by atoms with van der Waals surface area (Å²) in [5, 5.41) is 0. The molecule has 1 aliphatic rings. The molecule has 0 aliphatic carbocycles. The molecule has 0 aromatic rings. The fourth-order valence-corrected chi connectivity index (χ4v) is 2.25. The summed E-state index contributed by atoms with van der Waals surface area (Å²) >= 11 is -1.65. The number of nitrogens with zero attached hydrogens (tertiary/aromatic N) is 1. The van der Waals surface area contributed by atoms with Gasteiger partial charge in [-0.25, -0.2) is 4.21 Å². The summed E-state index contributed by atoms with van der Waals surface area (Å²) in [6, 6.07) is 0. The van der Waals surface area contributed by atoms with Crippen molar-refractivity contribution < 1.29 is 8.76 Å². The van der Waals surface area contributed by atoms with E-state index in [1.54, 1.807) is 0 Å². The van der Waals surface area contributed by atoms with Crippen LogP contribution < -0.4 is 0 Å². The number of piperidine rings is 1. The smallest absolute Gasteiger partial charge is 0.167 e. The minimum Gasteiger partial charge on any atom is -0.305 e. The van der Waals surface area contributed by atoms with E-state index >= 15 is 0 Å². The van der Waals surface area contributed by atoms with E-state index in [4.69, 9.17) is 4.55 Å².